The molecule has 1 aliphatic rings. The first-order chi connectivity index (χ1) is 14.8. The van der Waals surface area contributed by atoms with Gasteiger partial charge in [0.05, 0.1) is 10.9 Å². The number of aromatic nitrogens is 1. The Morgan fingerprint density at radius 1 is 1.23 bits per heavy atom. The molecule has 7 heteroatoms. The SMILES string of the molecule is C=CCn1c(C(=O)NC2CCCc3ccccc32)cc2cc(S(=O)(=O)N(C)C)ccc21. The molecule has 1 unspecified atom stereocenters. The Hall–Kier alpha value is -2.90. The van der Waals surface area contributed by atoms with E-state index in [0.29, 0.717) is 17.6 Å². The summed E-state index contributed by atoms with van der Waals surface area (Å²) in [6.45, 7) is 4.26. The van der Waals surface area contributed by atoms with Crippen molar-refractivity contribution in [3.05, 3.63) is 78.0 Å². The van der Waals surface area contributed by atoms with E-state index in [2.05, 4.69) is 24.0 Å². The van der Waals surface area contributed by atoms with Gasteiger partial charge in [0.2, 0.25) is 10.0 Å². The highest BCUT2D eigenvalue weighted by Gasteiger charge is 2.25. The lowest BCUT2D eigenvalue weighted by atomic mass is 9.87. The van der Waals surface area contributed by atoms with Gasteiger partial charge in [-0.05, 0) is 54.7 Å². The van der Waals surface area contributed by atoms with Crippen molar-refractivity contribution in [2.45, 2.75) is 36.7 Å². The molecule has 1 aromatic heterocycles. The van der Waals surface area contributed by atoms with Crippen LogP contribution in [0.2, 0.25) is 0 Å². The number of hydrogen-bond acceptors (Lipinski definition) is 3. The predicted molar refractivity (Wildman–Crippen MR) is 123 cm³/mol. The van der Waals surface area contributed by atoms with Gasteiger partial charge in [-0.15, -0.1) is 6.58 Å². The molecule has 3 aromatic rings. The van der Waals surface area contributed by atoms with Gasteiger partial charge in [0.25, 0.3) is 5.91 Å². The normalized spacial score (nSPS) is 16.3. The summed E-state index contributed by atoms with van der Waals surface area (Å²) in [5, 5.41) is 3.90. The molecule has 0 radical (unpaired) electrons. The van der Waals surface area contributed by atoms with Crippen LogP contribution < -0.4 is 5.32 Å². The largest absolute Gasteiger partial charge is 0.344 e. The second kappa shape index (κ2) is 8.32. The van der Waals surface area contributed by atoms with Crippen LogP contribution >= 0.6 is 0 Å². The second-order valence-electron chi connectivity index (χ2n) is 8.05. The summed E-state index contributed by atoms with van der Waals surface area (Å²) in [7, 11) is -0.551. The van der Waals surface area contributed by atoms with Crippen LogP contribution in [0.15, 0.2) is 66.1 Å². The van der Waals surface area contributed by atoms with Gasteiger partial charge in [0.1, 0.15) is 5.69 Å². The molecule has 0 aliphatic heterocycles. The Morgan fingerprint density at radius 3 is 2.74 bits per heavy atom. The quantitative estimate of drug-likeness (QED) is 0.595. The highest BCUT2D eigenvalue weighted by atomic mass is 32.2. The number of carbonyl (C=O) groups is 1. The number of hydrogen-bond donors (Lipinski definition) is 1. The highest BCUT2D eigenvalue weighted by Crippen LogP contribution is 2.30. The molecule has 2 aromatic carbocycles. The van der Waals surface area contributed by atoms with Crippen LogP contribution in [0.5, 0.6) is 0 Å². The summed E-state index contributed by atoms with van der Waals surface area (Å²) in [5.41, 5.74) is 3.75. The summed E-state index contributed by atoms with van der Waals surface area (Å²) in [6, 6.07) is 14.9. The van der Waals surface area contributed by atoms with E-state index in [1.54, 1.807) is 30.3 Å². The minimum atomic E-state index is -3.56. The van der Waals surface area contributed by atoms with E-state index in [0.717, 1.165) is 24.8 Å². The molecule has 6 nitrogen and oxygen atoms in total. The topological polar surface area (TPSA) is 71.4 Å². The molecule has 1 N–H and O–H groups in total. The van der Waals surface area contributed by atoms with Crippen LogP contribution in [0.1, 0.15) is 40.5 Å². The zero-order valence-corrected chi connectivity index (χ0v) is 18.7. The summed E-state index contributed by atoms with van der Waals surface area (Å²) >= 11 is 0. The maximum Gasteiger partial charge on any atom is 0.268 e. The molecular weight excluding hydrogens is 410 g/mol. The molecule has 0 saturated carbocycles. The molecule has 1 atom stereocenters. The van der Waals surface area contributed by atoms with E-state index in [4.69, 9.17) is 0 Å². The van der Waals surface area contributed by atoms with Gasteiger partial charge < -0.3 is 9.88 Å². The van der Waals surface area contributed by atoms with E-state index in [-0.39, 0.29) is 16.8 Å². The van der Waals surface area contributed by atoms with E-state index in [1.165, 1.54) is 29.5 Å². The third-order valence-corrected chi connectivity index (χ3v) is 7.68. The van der Waals surface area contributed by atoms with Crippen molar-refractivity contribution in [1.82, 2.24) is 14.2 Å². The van der Waals surface area contributed by atoms with Crippen molar-refractivity contribution in [2.75, 3.05) is 14.1 Å². The Bertz CT molecular complexity index is 1260. The second-order valence-corrected chi connectivity index (χ2v) is 10.2. The zero-order valence-electron chi connectivity index (χ0n) is 17.8. The standard InChI is InChI=1S/C24H27N3O3S/c1-4-14-27-22-13-12-19(31(29,30)26(2)3)15-18(22)16-23(27)24(28)25-21-11-7-9-17-8-5-6-10-20(17)21/h4-6,8,10,12-13,15-16,21H,1,7,9,11,14H2,2-3H3,(H,25,28). The number of aryl methyl sites for hydroxylation is 1. The predicted octanol–water partition coefficient (Wildman–Crippen LogP) is 3.89. The Balaban J connectivity index is 1.72. The number of allylic oxidation sites excluding steroid dienone is 1. The number of sulfonamides is 1. The van der Waals surface area contributed by atoms with Crippen LogP contribution in [0.3, 0.4) is 0 Å². The molecule has 4 rings (SSSR count). The van der Waals surface area contributed by atoms with Crippen molar-refractivity contribution in [1.29, 1.82) is 0 Å². The Kier molecular flexibility index (Phi) is 5.73. The Morgan fingerprint density at radius 2 is 2.00 bits per heavy atom. The fourth-order valence-corrected chi connectivity index (χ4v) is 5.21. The molecule has 0 spiro atoms. The van der Waals surface area contributed by atoms with Crippen molar-refractivity contribution < 1.29 is 13.2 Å². The summed E-state index contributed by atoms with van der Waals surface area (Å²) < 4.78 is 28.1. The van der Waals surface area contributed by atoms with Crippen molar-refractivity contribution in [2.24, 2.45) is 0 Å². The number of benzene rings is 2. The van der Waals surface area contributed by atoms with E-state index in [9.17, 15) is 13.2 Å². The van der Waals surface area contributed by atoms with Gasteiger partial charge >= 0.3 is 0 Å². The lowest BCUT2D eigenvalue weighted by Gasteiger charge is -2.26. The minimum Gasteiger partial charge on any atom is -0.344 e. The van der Waals surface area contributed by atoms with Gasteiger partial charge in [-0.25, -0.2) is 12.7 Å². The smallest absolute Gasteiger partial charge is 0.268 e. The molecule has 1 amide bonds. The maximum absolute atomic E-state index is 13.3. The first-order valence-electron chi connectivity index (χ1n) is 10.4. The van der Waals surface area contributed by atoms with Crippen LogP contribution in [0, 0.1) is 0 Å². The number of carbonyl (C=O) groups excluding carboxylic acids is 1. The fourth-order valence-electron chi connectivity index (χ4n) is 4.27. The first-order valence-corrected chi connectivity index (χ1v) is 11.8. The number of rotatable bonds is 6. The first kappa shape index (κ1) is 21.3. The molecular formula is C24H27N3O3S. The number of fused-ring (bicyclic) bond motifs is 2. The molecule has 0 saturated heterocycles. The number of nitrogens with one attached hydrogen (secondary N) is 1. The summed E-state index contributed by atoms with van der Waals surface area (Å²) in [5.74, 6) is -0.170. The molecule has 0 bridgehead atoms. The van der Waals surface area contributed by atoms with Crippen molar-refractivity contribution in [3.8, 4) is 0 Å². The van der Waals surface area contributed by atoms with Gasteiger partial charge in [-0.1, -0.05) is 30.3 Å². The third kappa shape index (κ3) is 3.91. The molecule has 0 fully saturated rings. The average Bonchev–Trinajstić information content (AvgIpc) is 3.12. The maximum atomic E-state index is 13.3. The van der Waals surface area contributed by atoms with Crippen molar-refractivity contribution >= 4 is 26.8 Å². The lowest BCUT2D eigenvalue weighted by Crippen LogP contribution is -2.32. The van der Waals surface area contributed by atoms with Crippen LogP contribution in [-0.4, -0.2) is 37.3 Å². The van der Waals surface area contributed by atoms with Gasteiger partial charge in [-0.3, -0.25) is 4.79 Å². The van der Waals surface area contributed by atoms with E-state index < -0.39 is 10.0 Å². The summed E-state index contributed by atoms with van der Waals surface area (Å²) in [6.07, 6.45) is 4.69. The minimum absolute atomic E-state index is 0.0303. The molecule has 31 heavy (non-hydrogen) atoms. The summed E-state index contributed by atoms with van der Waals surface area (Å²) in [4.78, 5) is 13.5. The monoisotopic (exact) mass is 437 g/mol. The van der Waals surface area contributed by atoms with Gasteiger partial charge in [0, 0.05) is 31.5 Å². The fraction of sp³-hybridized carbons (Fsp3) is 0.292. The lowest BCUT2D eigenvalue weighted by molar-refractivity contribution is 0.0924. The zero-order chi connectivity index (χ0) is 22.2. The Labute approximate surface area is 183 Å². The van der Waals surface area contributed by atoms with Crippen LogP contribution in [0.4, 0.5) is 0 Å². The van der Waals surface area contributed by atoms with Crippen molar-refractivity contribution in [3.63, 3.8) is 0 Å². The molecule has 1 aliphatic carbocycles. The highest BCUT2D eigenvalue weighted by molar-refractivity contribution is 7.89. The van der Waals surface area contributed by atoms with Crippen LogP contribution in [0.25, 0.3) is 10.9 Å². The van der Waals surface area contributed by atoms with Crippen LogP contribution in [-0.2, 0) is 23.0 Å². The molecule has 1 heterocycles. The molecule has 162 valence electrons. The van der Waals surface area contributed by atoms with Gasteiger partial charge in [0.15, 0.2) is 0 Å². The number of nitrogens with zero attached hydrogens (tertiary/aromatic N) is 2. The van der Waals surface area contributed by atoms with E-state index in [1.807, 2.05) is 16.7 Å². The average molecular weight is 438 g/mol. The van der Waals surface area contributed by atoms with Gasteiger partial charge in [-0.2, -0.15) is 0 Å². The number of amides is 1. The third-order valence-electron chi connectivity index (χ3n) is 5.87. The van der Waals surface area contributed by atoms with E-state index >= 15 is 0 Å².